The largest absolute Gasteiger partial charge is 0.409 e. The summed E-state index contributed by atoms with van der Waals surface area (Å²) in [4.78, 5) is 13.2. The first kappa shape index (κ1) is 17.4. The fourth-order valence-electron chi connectivity index (χ4n) is 2.15. The number of likely N-dealkylation sites (N-methyl/N-ethyl adjacent to an activating group) is 1. The van der Waals surface area contributed by atoms with Gasteiger partial charge in [-0.05, 0) is 45.1 Å². The van der Waals surface area contributed by atoms with E-state index in [9.17, 15) is 4.79 Å². The van der Waals surface area contributed by atoms with Crippen LogP contribution < -0.4 is 10.2 Å². The summed E-state index contributed by atoms with van der Waals surface area (Å²) in [5.74, 6) is 0.482. The number of nitrogens with one attached hydrogen (secondary N) is 2. The van der Waals surface area contributed by atoms with Crippen LogP contribution in [0, 0.1) is 4.84 Å². The number of hydrogen-bond acceptors (Lipinski definition) is 4. The summed E-state index contributed by atoms with van der Waals surface area (Å²) >= 11 is 5.21. The van der Waals surface area contributed by atoms with Crippen LogP contribution >= 0.6 is 12.2 Å². The molecular weight excluding hydrogens is 312 g/mol. The fraction of sp³-hybridized carbons (Fsp3) is 0.438. The molecule has 1 amide bonds. The van der Waals surface area contributed by atoms with E-state index in [0.29, 0.717) is 23.9 Å². The van der Waals surface area contributed by atoms with Gasteiger partial charge in [0.2, 0.25) is 5.89 Å². The maximum atomic E-state index is 12.0. The van der Waals surface area contributed by atoms with Gasteiger partial charge in [-0.15, -0.1) is 5.10 Å². The molecule has 124 valence electrons. The van der Waals surface area contributed by atoms with Crippen LogP contribution in [0.2, 0.25) is 0 Å². The predicted octanol–water partition coefficient (Wildman–Crippen LogP) is 1.26. The highest BCUT2D eigenvalue weighted by Gasteiger charge is 2.18. The second kappa shape index (κ2) is 7.06. The molecule has 1 aromatic heterocycles. The molecule has 2 aromatic rings. The van der Waals surface area contributed by atoms with E-state index in [0.717, 1.165) is 10.5 Å². The van der Waals surface area contributed by atoms with Crippen molar-refractivity contribution in [3.05, 3.63) is 35.2 Å². The van der Waals surface area contributed by atoms with Crippen molar-refractivity contribution in [3.8, 4) is 11.5 Å². The van der Waals surface area contributed by atoms with Crippen LogP contribution in [0.25, 0.3) is 11.5 Å². The summed E-state index contributed by atoms with van der Waals surface area (Å²) in [6, 6.07) is 9.60. The summed E-state index contributed by atoms with van der Waals surface area (Å²) in [7, 11) is 1.92. The Hall–Kier alpha value is -1.99. The molecule has 0 radical (unpaired) electrons. The quantitative estimate of drug-likeness (QED) is 0.808. The van der Waals surface area contributed by atoms with Crippen LogP contribution in [0.4, 0.5) is 0 Å². The number of carbonyl (C=O) groups is 1. The zero-order chi connectivity index (χ0) is 17.0. The highest BCUT2D eigenvalue weighted by atomic mass is 32.1. The first-order chi connectivity index (χ1) is 10.7. The van der Waals surface area contributed by atoms with E-state index in [1.807, 2.05) is 58.2 Å². The molecule has 1 aromatic carbocycles. The van der Waals surface area contributed by atoms with Crippen molar-refractivity contribution in [2.24, 2.45) is 0 Å². The van der Waals surface area contributed by atoms with Crippen LogP contribution in [0.3, 0.4) is 0 Å². The van der Waals surface area contributed by atoms with Crippen LogP contribution in [-0.4, -0.2) is 34.8 Å². The lowest BCUT2D eigenvalue weighted by Gasteiger charge is -2.21. The number of aromatic nitrogens is 2. The number of nitrogens with zero attached hydrogens (tertiary/aromatic N) is 2. The number of benzene rings is 1. The molecule has 2 rings (SSSR count). The van der Waals surface area contributed by atoms with Crippen molar-refractivity contribution >= 4 is 18.1 Å². The smallest absolute Gasteiger partial charge is 0.292 e. The Labute approximate surface area is 141 Å². The Kier molecular flexibility index (Phi) is 5.33. The van der Waals surface area contributed by atoms with Crippen LogP contribution in [0.5, 0.6) is 0 Å². The Morgan fingerprint density at radius 2 is 2.00 bits per heavy atom. The van der Waals surface area contributed by atoms with Gasteiger partial charge in [0.15, 0.2) is 13.2 Å². The van der Waals surface area contributed by atoms with Crippen molar-refractivity contribution in [1.29, 1.82) is 0 Å². The van der Waals surface area contributed by atoms with Gasteiger partial charge in [0.05, 0.1) is 7.05 Å². The number of hydrogen-bond donors (Lipinski definition) is 2. The highest BCUT2D eigenvalue weighted by molar-refractivity contribution is 7.71. The highest BCUT2D eigenvalue weighted by Crippen LogP contribution is 2.16. The SMILES string of the molecule is C[NH+](CC(=O)NC(C)(C)C)Cn1nc(-c2ccccc2)oc1=S. The second-order valence-electron chi connectivity index (χ2n) is 6.63. The molecule has 6 nitrogen and oxygen atoms in total. The molecule has 0 fully saturated rings. The number of rotatable bonds is 5. The topological polar surface area (TPSA) is 64.5 Å². The predicted molar refractivity (Wildman–Crippen MR) is 90.4 cm³/mol. The summed E-state index contributed by atoms with van der Waals surface area (Å²) in [5.41, 5.74) is 0.641. The minimum absolute atomic E-state index is 0.00621. The molecular formula is C16H23N4O2S+. The molecule has 0 saturated carbocycles. The third-order valence-corrected chi connectivity index (χ3v) is 3.32. The van der Waals surface area contributed by atoms with E-state index in [1.165, 1.54) is 0 Å². The van der Waals surface area contributed by atoms with Gasteiger partial charge in [-0.3, -0.25) is 4.79 Å². The first-order valence-corrected chi connectivity index (χ1v) is 7.91. The van der Waals surface area contributed by atoms with Gasteiger partial charge in [-0.25, -0.2) is 0 Å². The van der Waals surface area contributed by atoms with Crippen molar-refractivity contribution in [3.63, 3.8) is 0 Å². The average Bonchev–Trinajstić information content (AvgIpc) is 2.78. The zero-order valence-corrected chi connectivity index (χ0v) is 14.7. The van der Waals surface area contributed by atoms with Crippen molar-refractivity contribution in [1.82, 2.24) is 15.1 Å². The first-order valence-electron chi connectivity index (χ1n) is 7.50. The summed E-state index contributed by atoms with van der Waals surface area (Å²) in [6.07, 6.45) is 0. The van der Waals surface area contributed by atoms with Gasteiger partial charge in [0.25, 0.3) is 10.7 Å². The Balaban J connectivity index is 2.02. The van der Waals surface area contributed by atoms with Gasteiger partial charge in [0, 0.05) is 11.1 Å². The summed E-state index contributed by atoms with van der Waals surface area (Å²) in [6.45, 7) is 6.68. The lowest BCUT2D eigenvalue weighted by Crippen LogP contribution is -3.09. The monoisotopic (exact) mass is 335 g/mol. The van der Waals surface area contributed by atoms with Crippen LogP contribution in [0.15, 0.2) is 34.7 Å². The van der Waals surface area contributed by atoms with E-state index in [4.69, 9.17) is 16.6 Å². The van der Waals surface area contributed by atoms with Crippen LogP contribution in [0.1, 0.15) is 20.8 Å². The molecule has 0 saturated heterocycles. The molecule has 1 atom stereocenters. The van der Waals surface area contributed by atoms with Gasteiger partial charge in [-0.1, -0.05) is 18.2 Å². The van der Waals surface area contributed by atoms with Crippen molar-refractivity contribution in [2.75, 3.05) is 13.6 Å². The molecule has 0 aliphatic carbocycles. The normalized spacial score (nSPS) is 12.9. The Bertz CT molecular complexity index is 716. The van der Waals surface area contributed by atoms with Crippen LogP contribution in [-0.2, 0) is 11.5 Å². The standard InChI is InChI=1S/C16H22N4O2S/c1-16(2,3)17-13(21)10-19(4)11-20-15(23)22-14(18-20)12-8-6-5-7-9-12/h5-9H,10-11H2,1-4H3,(H,17,21)/p+1. The molecule has 0 spiro atoms. The molecule has 0 bridgehead atoms. The summed E-state index contributed by atoms with van der Waals surface area (Å²) in [5, 5.41) is 7.34. The number of amides is 1. The molecule has 2 N–H and O–H groups in total. The second-order valence-corrected chi connectivity index (χ2v) is 6.98. The van der Waals surface area contributed by atoms with Crippen molar-refractivity contribution in [2.45, 2.75) is 33.0 Å². The van der Waals surface area contributed by atoms with Crippen molar-refractivity contribution < 1.29 is 14.1 Å². The Morgan fingerprint density at radius 1 is 1.35 bits per heavy atom. The van der Waals surface area contributed by atoms with E-state index in [-0.39, 0.29) is 11.4 Å². The van der Waals surface area contributed by atoms with Gasteiger partial charge in [0.1, 0.15) is 0 Å². The fourth-order valence-corrected chi connectivity index (χ4v) is 2.34. The van der Waals surface area contributed by atoms with Gasteiger partial charge < -0.3 is 14.6 Å². The minimum atomic E-state index is -0.234. The van der Waals surface area contributed by atoms with E-state index < -0.39 is 0 Å². The Morgan fingerprint density at radius 3 is 2.61 bits per heavy atom. The number of carbonyl (C=O) groups excluding carboxylic acids is 1. The van der Waals surface area contributed by atoms with E-state index in [2.05, 4.69) is 10.4 Å². The van der Waals surface area contributed by atoms with Gasteiger partial charge >= 0.3 is 0 Å². The molecule has 1 unspecified atom stereocenters. The third-order valence-electron chi connectivity index (χ3n) is 3.02. The van der Waals surface area contributed by atoms with Gasteiger partial charge in [-0.2, -0.15) is 4.68 Å². The molecule has 23 heavy (non-hydrogen) atoms. The lowest BCUT2D eigenvalue weighted by atomic mass is 10.1. The molecule has 0 aliphatic rings. The van der Waals surface area contributed by atoms with E-state index in [1.54, 1.807) is 4.68 Å². The zero-order valence-electron chi connectivity index (χ0n) is 13.9. The maximum Gasteiger partial charge on any atom is 0.292 e. The molecule has 7 heteroatoms. The van der Waals surface area contributed by atoms with E-state index >= 15 is 0 Å². The number of quaternary nitrogens is 1. The maximum absolute atomic E-state index is 12.0. The summed E-state index contributed by atoms with van der Waals surface area (Å²) < 4.78 is 7.15. The molecule has 1 heterocycles. The minimum Gasteiger partial charge on any atom is -0.409 e. The average molecular weight is 335 g/mol. The molecule has 0 aliphatic heterocycles. The lowest BCUT2D eigenvalue weighted by molar-refractivity contribution is -0.895. The third kappa shape index (κ3) is 5.30.